The Kier molecular flexibility index (Phi) is 4.95. The number of fused-ring (bicyclic) bond motifs is 1. The molecule has 0 bridgehead atoms. The van der Waals surface area contributed by atoms with Crippen LogP contribution in [0.15, 0.2) is 28.8 Å². The van der Waals surface area contributed by atoms with E-state index in [0.29, 0.717) is 0 Å². The first-order valence-corrected chi connectivity index (χ1v) is 10.7. The van der Waals surface area contributed by atoms with Gasteiger partial charge in [0.2, 0.25) is 5.89 Å². The molecule has 3 aliphatic rings. The van der Waals surface area contributed by atoms with Gasteiger partial charge in [0.1, 0.15) is 5.54 Å². The summed E-state index contributed by atoms with van der Waals surface area (Å²) in [7, 11) is 0. The van der Waals surface area contributed by atoms with E-state index >= 15 is 0 Å². The summed E-state index contributed by atoms with van der Waals surface area (Å²) in [6, 6.07) is 8.96. The lowest BCUT2D eigenvalue weighted by atomic mass is 9.90. The van der Waals surface area contributed by atoms with Crippen molar-refractivity contribution < 1.29 is 9.26 Å². The summed E-state index contributed by atoms with van der Waals surface area (Å²) in [5.74, 6) is 1.62. The van der Waals surface area contributed by atoms with Crippen LogP contribution in [0.4, 0.5) is 0 Å². The first-order valence-electron chi connectivity index (χ1n) is 10.7. The van der Waals surface area contributed by atoms with Crippen molar-refractivity contribution in [1.82, 2.24) is 19.9 Å². The quantitative estimate of drug-likeness (QED) is 0.810. The molecule has 0 radical (unpaired) electrons. The van der Waals surface area contributed by atoms with Gasteiger partial charge in [-0.05, 0) is 44.0 Å². The number of piperidine rings is 1. The molecular formula is C22H30N4O2. The molecule has 0 amide bonds. The monoisotopic (exact) mass is 382 g/mol. The van der Waals surface area contributed by atoms with E-state index in [0.717, 1.165) is 63.9 Å². The van der Waals surface area contributed by atoms with E-state index in [4.69, 9.17) is 14.2 Å². The average molecular weight is 383 g/mol. The van der Waals surface area contributed by atoms with E-state index in [2.05, 4.69) is 46.1 Å². The van der Waals surface area contributed by atoms with Gasteiger partial charge >= 0.3 is 0 Å². The van der Waals surface area contributed by atoms with Gasteiger partial charge < -0.3 is 9.26 Å². The molecule has 6 heteroatoms. The van der Waals surface area contributed by atoms with Crippen LogP contribution in [0.2, 0.25) is 0 Å². The Labute approximate surface area is 166 Å². The van der Waals surface area contributed by atoms with Crippen molar-refractivity contribution in [1.29, 1.82) is 0 Å². The van der Waals surface area contributed by atoms with Gasteiger partial charge in [-0.2, -0.15) is 4.98 Å². The lowest BCUT2D eigenvalue weighted by Gasteiger charge is -2.40. The van der Waals surface area contributed by atoms with Crippen LogP contribution in [0, 0.1) is 0 Å². The molecule has 5 rings (SSSR count). The van der Waals surface area contributed by atoms with E-state index in [1.54, 1.807) is 0 Å². The molecule has 2 saturated heterocycles. The number of nitrogens with zero attached hydrogens (tertiary/aromatic N) is 4. The smallest absolute Gasteiger partial charge is 0.247 e. The van der Waals surface area contributed by atoms with E-state index in [9.17, 15) is 0 Å². The molecule has 1 aromatic heterocycles. The minimum atomic E-state index is -0.180. The van der Waals surface area contributed by atoms with Crippen LogP contribution in [0.25, 0.3) is 0 Å². The molecule has 0 spiro atoms. The third kappa shape index (κ3) is 3.17. The number of aromatic nitrogens is 2. The van der Waals surface area contributed by atoms with Gasteiger partial charge in [0.15, 0.2) is 5.82 Å². The lowest BCUT2D eigenvalue weighted by molar-refractivity contribution is 0.0178. The predicted molar refractivity (Wildman–Crippen MR) is 106 cm³/mol. The average Bonchev–Trinajstić information content (AvgIpc) is 3.40. The second-order valence-electron chi connectivity index (χ2n) is 8.48. The largest absolute Gasteiger partial charge is 0.379 e. The number of hydrogen-bond donors (Lipinski definition) is 0. The summed E-state index contributed by atoms with van der Waals surface area (Å²) in [6.45, 7) is 7.82. The first-order chi connectivity index (χ1) is 13.8. The predicted octanol–water partition coefficient (Wildman–Crippen LogP) is 2.94. The Bertz CT molecular complexity index is 783. The Morgan fingerprint density at radius 1 is 0.964 bits per heavy atom. The summed E-state index contributed by atoms with van der Waals surface area (Å²) in [5.41, 5.74) is 2.67. The molecule has 0 saturated carbocycles. The fourth-order valence-corrected chi connectivity index (χ4v) is 5.15. The Balaban J connectivity index is 1.46. The summed E-state index contributed by atoms with van der Waals surface area (Å²) in [5, 5.41) is 4.44. The number of benzene rings is 1. The summed E-state index contributed by atoms with van der Waals surface area (Å²) < 4.78 is 11.5. The van der Waals surface area contributed by atoms with E-state index in [-0.39, 0.29) is 11.6 Å². The first kappa shape index (κ1) is 18.3. The number of rotatable bonds is 4. The van der Waals surface area contributed by atoms with Crippen LogP contribution in [-0.4, -0.2) is 59.3 Å². The molecule has 6 nitrogen and oxygen atoms in total. The molecule has 0 unspecified atom stereocenters. The minimum absolute atomic E-state index is 0.156. The van der Waals surface area contributed by atoms with Gasteiger partial charge in [-0.3, -0.25) is 9.80 Å². The number of likely N-dealkylation sites (tertiary alicyclic amines) is 1. The second kappa shape index (κ2) is 7.58. The van der Waals surface area contributed by atoms with Crippen LogP contribution in [0.1, 0.15) is 55.1 Å². The van der Waals surface area contributed by atoms with Crippen molar-refractivity contribution in [2.24, 2.45) is 0 Å². The molecular weight excluding hydrogens is 352 g/mol. The van der Waals surface area contributed by atoms with Crippen LogP contribution >= 0.6 is 0 Å². The topological polar surface area (TPSA) is 54.6 Å². The zero-order valence-corrected chi connectivity index (χ0v) is 16.8. The number of morpholine rings is 1. The van der Waals surface area contributed by atoms with Gasteiger partial charge in [0, 0.05) is 25.9 Å². The van der Waals surface area contributed by atoms with Gasteiger partial charge in [0.25, 0.3) is 0 Å². The molecule has 1 aliphatic carbocycles. The van der Waals surface area contributed by atoms with E-state index < -0.39 is 0 Å². The molecule has 150 valence electrons. The van der Waals surface area contributed by atoms with Crippen molar-refractivity contribution in [3.63, 3.8) is 0 Å². The maximum Gasteiger partial charge on any atom is 0.247 e. The SMILES string of the molecule is C[C@H](c1noc(C2(N3CCCCC3)Cc3ccccc3C2)n1)N1CCOCC1. The van der Waals surface area contributed by atoms with Gasteiger partial charge in [-0.1, -0.05) is 35.8 Å². The highest BCUT2D eigenvalue weighted by Gasteiger charge is 2.48. The molecule has 28 heavy (non-hydrogen) atoms. The van der Waals surface area contributed by atoms with Gasteiger partial charge in [-0.25, -0.2) is 0 Å². The highest BCUT2D eigenvalue weighted by molar-refractivity contribution is 5.38. The van der Waals surface area contributed by atoms with Gasteiger partial charge in [0.05, 0.1) is 19.3 Å². The minimum Gasteiger partial charge on any atom is -0.379 e. The Morgan fingerprint density at radius 2 is 1.64 bits per heavy atom. The van der Waals surface area contributed by atoms with E-state index in [1.807, 2.05) is 0 Å². The lowest BCUT2D eigenvalue weighted by Crippen LogP contribution is -2.49. The molecule has 1 aromatic carbocycles. The standard InChI is InChI=1S/C22H30N4O2/c1-17(25-11-13-27-14-12-25)20-23-21(28-24-20)22(26-9-5-2-6-10-26)15-18-7-3-4-8-19(18)16-22/h3-4,7-8,17H,2,5-6,9-16H2,1H3/t17-/m1/s1. The third-order valence-corrected chi connectivity index (χ3v) is 6.85. The number of hydrogen-bond acceptors (Lipinski definition) is 6. The summed E-state index contributed by atoms with van der Waals surface area (Å²) >= 11 is 0. The van der Waals surface area contributed by atoms with Crippen LogP contribution in [0.3, 0.4) is 0 Å². The van der Waals surface area contributed by atoms with E-state index in [1.165, 1.54) is 30.4 Å². The summed E-state index contributed by atoms with van der Waals surface area (Å²) in [6.07, 6.45) is 5.77. The zero-order chi connectivity index (χ0) is 19.0. The maximum absolute atomic E-state index is 5.99. The highest BCUT2D eigenvalue weighted by atomic mass is 16.5. The molecule has 2 fully saturated rings. The maximum atomic E-state index is 5.99. The van der Waals surface area contributed by atoms with Crippen LogP contribution < -0.4 is 0 Å². The van der Waals surface area contributed by atoms with Crippen LogP contribution in [-0.2, 0) is 23.1 Å². The van der Waals surface area contributed by atoms with Crippen molar-refractivity contribution in [3.8, 4) is 0 Å². The third-order valence-electron chi connectivity index (χ3n) is 6.85. The number of ether oxygens (including phenoxy) is 1. The molecule has 0 N–H and O–H groups in total. The molecule has 2 aromatic rings. The summed E-state index contributed by atoms with van der Waals surface area (Å²) in [4.78, 5) is 10.00. The van der Waals surface area contributed by atoms with Crippen molar-refractivity contribution >= 4 is 0 Å². The normalized spacial score (nSPS) is 24.2. The van der Waals surface area contributed by atoms with Crippen molar-refractivity contribution in [2.75, 3.05) is 39.4 Å². The highest BCUT2D eigenvalue weighted by Crippen LogP contribution is 2.43. The van der Waals surface area contributed by atoms with Crippen LogP contribution in [0.5, 0.6) is 0 Å². The fourth-order valence-electron chi connectivity index (χ4n) is 5.15. The molecule has 3 heterocycles. The second-order valence-corrected chi connectivity index (χ2v) is 8.48. The zero-order valence-electron chi connectivity index (χ0n) is 16.8. The van der Waals surface area contributed by atoms with Gasteiger partial charge in [-0.15, -0.1) is 0 Å². The molecule has 1 atom stereocenters. The molecule has 2 aliphatic heterocycles. The Morgan fingerprint density at radius 3 is 2.32 bits per heavy atom. The fraction of sp³-hybridized carbons (Fsp3) is 0.636. The Hall–Kier alpha value is -1.76. The van der Waals surface area contributed by atoms with Crippen molar-refractivity contribution in [2.45, 2.75) is 50.6 Å². The van der Waals surface area contributed by atoms with Crippen molar-refractivity contribution in [3.05, 3.63) is 47.1 Å².